The third-order valence-electron chi connectivity index (χ3n) is 5.11. The summed E-state index contributed by atoms with van der Waals surface area (Å²) in [6, 6.07) is 7.42. The SMILES string of the molecule is CCC1CCc2c(sc(NC(=O)C=Cc3ccc(OC)cc3)c2C(=O)OC)C1. The number of nitrogens with one attached hydrogen (secondary N) is 1. The van der Waals surface area contributed by atoms with E-state index in [2.05, 4.69) is 12.2 Å². The molecule has 0 saturated carbocycles. The molecule has 1 amide bonds. The zero-order chi connectivity index (χ0) is 20.1. The number of amides is 1. The molecule has 1 heterocycles. The summed E-state index contributed by atoms with van der Waals surface area (Å²) in [4.78, 5) is 26.0. The van der Waals surface area contributed by atoms with Crippen molar-refractivity contribution < 1.29 is 19.1 Å². The highest BCUT2D eigenvalue weighted by molar-refractivity contribution is 7.17. The Labute approximate surface area is 169 Å². The summed E-state index contributed by atoms with van der Waals surface area (Å²) in [7, 11) is 2.99. The molecule has 0 bridgehead atoms. The van der Waals surface area contributed by atoms with E-state index in [0.717, 1.165) is 42.6 Å². The Bertz CT molecular complexity index is 883. The first-order valence-electron chi connectivity index (χ1n) is 9.41. The van der Waals surface area contributed by atoms with Gasteiger partial charge in [0.05, 0.1) is 19.8 Å². The number of ether oxygens (including phenoxy) is 2. The fraction of sp³-hybridized carbons (Fsp3) is 0.364. The average molecular weight is 400 g/mol. The van der Waals surface area contributed by atoms with Crippen LogP contribution in [0.1, 0.15) is 46.1 Å². The number of esters is 1. The summed E-state index contributed by atoms with van der Waals surface area (Å²) in [5, 5.41) is 3.46. The number of carbonyl (C=O) groups excluding carboxylic acids is 2. The van der Waals surface area contributed by atoms with E-state index in [4.69, 9.17) is 9.47 Å². The van der Waals surface area contributed by atoms with Gasteiger partial charge >= 0.3 is 5.97 Å². The van der Waals surface area contributed by atoms with Gasteiger partial charge in [-0.2, -0.15) is 0 Å². The van der Waals surface area contributed by atoms with Gasteiger partial charge < -0.3 is 14.8 Å². The van der Waals surface area contributed by atoms with Crippen molar-refractivity contribution in [1.29, 1.82) is 0 Å². The zero-order valence-electron chi connectivity index (χ0n) is 16.4. The van der Waals surface area contributed by atoms with E-state index in [1.54, 1.807) is 13.2 Å². The number of anilines is 1. The van der Waals surface area contributed by atoms with Crippen LogP contribution in [0, 0.1) is 5.92 Å². The van der Waals surface area contributed by atoms with Crippen LogP contribution in [-0.2, 0) is 22.4 Å². The number of hydrogen-bond donors (Lipinski definition) is 1. The van der Waals surface area contributed by atoms with Gasteiger partial charge in [-0.15, -0.1) is 11.3 Å². The molecule has 1 aliphatic carbocycles. The third kappa shape index (κ3) is 4.44. The largest absolute Gasteiger partial charge is 0.497 e. The molecule has 1 aromatic heterocycles. The number of benzene rings is 1. The number of thiophene rings is 1. The molecule has 0 saturated heterocycles. The highest BCUT2D eigenvalue weighted by atomic mass is 32.1. The van der Waals surface area contributed by atoms with Crippen molar-refractivity contribution in [3.05, 3.63) is 51.9 Å². The molecule has 1 aromatic carbocycles. The first-order chi connectivity index (χ1) is 13.5. The Balaban J connectivity index is 1.78. The van der Waals surface area contributed by atoms with Crippen molar-refractivity contribution >= 4 is 34.3 Å². The van der Waals surface area contributed by atoms with Crippen molar-refractivity contribution in [1.82, 2.24) is 0 Å². The van der Waals surface area contributed by atoms with Crippen LogP contribution in [0.15, 0.2) is 30.3 Å². The maximum atomic E-state index is 12.4. The second-order valence-electron chi connectivity index (χ2n) is 6.81. The molecule has 148 valence electrons. The standard InChI is InChI=1S/C22H25NO4S/c1-4-14-7-11-17-18(13-14)28-21(20(17)22(25)27-3)23-19(24)12-8-15-5-9-16(26-2)10-6-15/h5-6,8-10,12,14H,4,7,11,13H2,1-3H3,(H,23,24). The fourth-order valence-electron chi connectivity index (χ4n) is 3.45. The normalized spacial score (nSPS) is 15.9. The maximum absolute atomic E-state index is 12.4. The van der Waals surface area contributed by atoms with Crippen LogP contribution in [0.4, 0.5) is 5.00 Å². The van der Waals surface area contributed by atoms with E-state index in [1.807, 2.05) is 24.3 Å². The highest BCUT2D eigenvalue weighted by Gasteiger charge is 2.29. The minimum atomic E-state index is -0.387. The second kappa shape index (κ2) is 9.06. The summed E-state index contributed by atoms with van der Waals surface area (Å²) >= 11 is 1.50. The molecule has 28 heavy (non-hydrogen) atoms. The van der Waals surface area contributed by atoms with Crippen molar-refractivity contribution in [2.24, 2.45) is 5.92 Å². The van der Waals surface area contributed by atoms with E-state index >= 15 is 0 Å². The Hall–Kier alpha value is -2.60. The molecule has 1 atom stereocenters. The summed E-state index contributed by atoms with van der Waals surface area (Å²) in [6.45, 7) is 2.19. The van der Waals surface area contributed by atoms with Gasteiger partial charge in [-0.05, 0) is 54.5 Å². The second-order valence-corrected chi connectivity index (χ2v) is 7.92. The van der Waals surface area contributed by atoms with E-state index in [-0.39, 0.29) is 11.9 Å². The molecule has 2 aromatic rings. The monoisotopic (exact) mass is 399 g/mol. The Morgan fingerprint density at radius 1 is 1.25 bits per heavy atom. The minimum Gasteiger partial charge on any atom is -0.497 e. The predicted octanol–water partition coefficient (Wildman–Crippen LogP) is 4.71. The molecule has 6 heteroatoms. The van der Waals surface area contributed by atoms with Crippen LogP contribution in [0.3, 0.4) is 0 Å². The van der Waals surface area contributed by atoms with Crippen molar-refractivity contribution in [3.63, 3.8) is 0 Å². The Kier molecular flexibility index (Phi) is 6.52. The van der Waals surface area contributed by atoms with Gasteiger partial charge in [0, 0.05) is 11.0 Å². The molecule has 1 aliphatic rings. The molecule has 0 spiro atoms. The van der Waals surface area contributed by atoms with Gasteiger partial charge in [-0.1, -0.05) is 25.5 Å². The van der Waals surface area contributed by atoms with Gasteiger partial charge in [0.1, 0.15) is 10.8 Å². The third-order valence-corrected chi connectivity index (χ3v) is 6.28. The molecule has 1 unspecified atom stereocenters. The van der Waals surface area contributed by atoms with Gasteiger partial charge in [0.25, 0.3) is 0 Å². The lowest BCUT2D eigenvalue weighted by molar-refractivity contribution is -0.111. The first kappa shape index (κ1) is 20.1. The first-order valence-corrected chi connectivity index (χ1v) is 10.2. The van der Waals surface area contributed by atoms with Gasteiger partial charge in [-0.3, -0.25) is 4.79 Å². The van der Waals surface area contributed by atoms with Crippen LogP contribution < -0.4 is 10.1 Å². The van der Waals surface area contributed by atoms with Crippen LogP contribution >= 0.6 is 11.3 Å². The van der Waals surface area contributed by atoms with Crippen LogP contribution in [0.5, 0.6) is 5.75 Å². The van der Waals surface area contributed by atoms with E-state index in [1.165, 1.54) is 29.4 Å². The number of carbonyl (C=O) groups is 2. The van der Waals surface area contributed by atoms with E-state index in [0.29, 0.717) is 16.5 Å². The average Bonchev–Trinajstić information content (AvgIpc) is 3.08. The summed E-state index contributed by atoms with van der Waals surface area (Å²) in [6.07, 6.45) is 7.19. The molecule has 1 N–H and O–H groups in total. The number of hydrogen-bond acceptors (Lipinski definition) is 5. The van der Waals surface area contributed by atoms with Gasteiger partial charge in [-0.25, -0.2) is 4.79 Å². The van der Waals surface area contributed by atoms with Crippen molar-refractivity contribution in [3.8, 4) is 5.75 Å². The summed E-state index contributed by atoms with van der Waals surface area (Å²) in [5.74, 6) is 0.738. The lowest BCUT2D eigenvalue weighted by Crippen LogP contribution is -2.15. The molecule has 3 rings (SSSR count). The molecule has 0 aliphatic heterocycles. The lowest BCUT2D eigenvalue weighted by atomic mass is 9.86. The zero-order valence-corrected chi connectivity index (χ0v) is 17.2. The predicted molar refractivity (Wildman–Crippen MR) is 112 cm³/mol. The quantitative estimate of drug-likeness (QED) is 0.564. The molecular weight excluding hydrogens is 374 g/mol. The van der Waals surface area contributed by atoms with Crippen molar-refractivity contribution in [2.45, 2.75) is 32.6 Å². The Morgan fingerprint density at radius 3 is 2.64 bits per heavy atom. The summed E-state index contributed by atoms with van der Waals surface area (Å²) < 4.78 is 10.1. The van der Waals surface area contributed by atoms with Crippen LogP contribution in [0.2, 0.25) is 0 Å². The lowest BCUT2D eigenvalue weighted by Gasteiger charge is -2.20. The number of methoxy groups -OCH3 is 2. The smallest absolute Gasteiger partial charge is 0.341 e. The highest BCUT2D eigenvalue weighted by Crippen LogP contribution is 2.40. The molecule has 0 radical (unpaired) electrons. The van der Waals surface area contributed by atoms with Crippen molar-refractivity contribution in [2.75, 3.05) is 19.5 Å². The van der Waals surface area contributed by atoms with E-state index < -0.39 is 0 Å². The van der Waals surface area contributed by atoms with E-state index in [9.17, 15) is 9.59 Å². The number of fused-ring (bicyclic) bond motifs is 1. The molecule has 5 nitrogen and oxygen atoms in total. The molecular formula is C22H25NO4S. The van der Waals surface area contributed by atoms with Gasteiger partial charge in [0.15, 0.2) is 0 Å². The van der Waals surface area contributed by atoms with Crippen LogP contribution in [-0.4, -0.2) is 26.1 Å². The molecule has 0 fully saturated rings. The van der Waals surface area contributed by atoms with Gasteiger partial charge in [0.2, 0.25) is 5.91 Å². The Morgan fingerprint density at radius 2 is 2.00 bits per heavy atom. The minimum absolute atomic E-state index is 0.272. The fourth-order valence-corrected chi connectivity index (χ4v) is 4.80. The number of rotatable bonds is 6. The van der Waals surface area contributed by atoms with Crippen LogP contribution in [0.25, 0.3) is 6.08 Å². The topological polar surface area (TPSA) is 64.6 Å². The summed E-state index contributed by atoms with van der Waals surface area (Å²) in [5.41, 5.74) is 2.44. The maximum Gasteiger partial charge on any atom is 0.341 e.